The molecule has 0 saturated carbocycles. The van der Waals surface area contributed by atoms with Gasteiger partial charge in [-0.3, -0.25) is 4.79 Å². The molecule has 2 N–H and O–H groups in total. The number of amides is 1. The highest BCUT2D eigenvalue weighted by Crippen LogP contribution is 2.38. The van der Waals surface area contributed by atoms with Crippen molar-refractivity contribution in [3.8, 4) is 11.5 Å². The Morgan fingerprint density at radius 2 is 1.92 bits per heavy atom. The van der Waals surface area contributed by atoms with Gasteiger partial charge >= 0.3 is 0 Å². The number of halogens is 4. The standard InChI is InChI=1S/C25H27F4N5O4S/c1-3-37-21-11-16(34-39(36)7-4-8-39)10-19-22(21)24(32-13-31-19)33-18-6-5-15(26)9-20(18)38-14(2)25(35)30-12-17(27)23(28)29/h5-6,9-11,13-14,17,23H,3-4,7-8,12H2,1-2H3,(H,30,35)(H,31,32,33)/t14-,17?/m1/s1. The Balaban J connectivity index is 1.63. The third-order valence-corrected chi connectivity index (χ3v) is 8.20. The van der Waals surface area contributed by atoms with Crippen LogP contribution >= 0.6 is 0 Å². The van der Waals surface area contributed by atoms with Crippen molar-refractivity contribution < 1.29 is 36.0 Å². The van der Waals surface area contributed by atoms with Gasteiger partial charge in [-0.15, -0.1) is 0 Å². The van der Waals surface area contributed by atoms with Crippen LogP contribution in [0, 0.1) is 5.82 Å². The lowest BCUT2D eigenvalue weighted by molar-refractivity contribution is -0.127. The zero-order valence-electron chi connectivity index (χ0n) is 21.1. The van der Waals surface area contributed by atoms with Gasteiger partial charge in [0.2, 0.25) is 0 Å². The third-order valence-electron chi connectivity index (χ3n) is 5.80. The van der Waals surface area contributed by atoms with E-state index in [0.29, 0.717) is 40.5 Å². The molecule has 1 aliphatic rings. The second-order valence-corrected chi connectivity index (χ2v) is 11.3. The molecule has 1 unspecified atom stereocenters. The number of hydrogen-bond acceptors (Lipinski definition) is 8. The highest BCUT2D eigenvalue weighted by Gasteiger charge is 2.24. The lowest BCUT2D eigenvalue weighted by Crippen LogP contribution is -2.40. The van der Waals surface area contributed by atoms with E-state index in [0.717, 1.165) is 18.6 Å². The first-order valence-corrected chi connectivity index (χ1v) is 14.0. The number of hydrogen-bond donors (Lipinski definition) is 2. The van der Waals surface area contributed by atoms with Crippen molar-refractivity contribution in [3.05, 3.63) is 42.5 Å². The Hall–Kier alpha value is -3.68. The molecule has 0 bridgehead atoms. The van der Waals surface area contributed by atoms with Crippen LogP contribution in [0.1, 0.15) is 20.3 Å². The molecule has 14 heteroatoms. The normalized spacial score (nSPS) is 15.8. The predicted octanol–water partition coefficient (Wildman–Crippen LogP) is 4.90. The molecule has 1 saturated heterocycles. The number of rotatable bonds is 11. The molecule has 210 valence electrons. The van der Waals surface area contributed by atoms with Gasteiger partial charge in [0, 0.05) is 23.6 Å². The number of anilines is 2. The van der Waals surface area contributed by atoms with Crippen molar-refractivity contribution >= 4 is 43.7 Å². The fraction of sp³-hybridized carbons (Fsp3) is 0.400. The van der Waals surface area contributed by atoms with E-state index in [2.05, 4.69) is 19.6 Å². The van der Waals surface area contributed by atoms with Crippen LogP contribution in [0.5, 0.6) is 11.5 Å². The summed E-state index contributed by atoms with van der Waals surface area (Å²) in [6.07, 6.45) is -4.88. The molecular weight excluding hydrogens is 542 g/mol. The molecule has 1 aromatic heterocycles. The Morgan fingerprint density at radius 1 is 1.15 bits per heavy atom. The van der Waals surface area contributed by atoms with E-state index >= 15 is 0 Å². The third kappa shape index (κ3) is 6.85. The van der Waals surface area contributed by atoms with Gasteiger partial charge in [-0.2, -0.15) is 4.36 Å². The van der Waals surface area contributed by atoms with Crippen molar-refractivity contribution in [1.29, 1.82) is 0 Å². The van der Waals surface area contributed by atoms with Gasteiger partial charge in [0.15, 0.2) is 12.3 Å². The van der Waals surface area contributed by atoms with Crippen LogP contribution in [0.15, 0.2) is 41.0 Å². The van der Waals surface area contributed by atoms with Crippen LogP contribution in [-0.4, -0.2) is 63.4 Å². The molecule has 0 spiro atoms. The number of alkyl halides is 3. The molecule has 0 aliphatic carbocycles. The Bertz CT molecular complexity index is 1470. The summed E-state index contributed by atoms with van der Waals surface area (Å²) in [5.41, 5.74) is 1.14. The van der Waals surface area contributed by atoms with Crippen LogP contribution in [-0.2, 0) is 14.5 Å². The van der Waals surface area contributed by atoms with Crippen molar-refractivity contribution in [2.75, 3.05) is 30.0 Å². The van der Waals surface area contributed by atoms with E-state index in [1.165, 1.54) is 19.3 Å². The summed E-state index contributed by atoms with van der Waals surface area (Å²) in [7, 11) is -2.27. The van der Waals surface area contributed by atoms with Crippen molar-refractivity contribution in [1.82, 2.24) is 15.3 Å². The SMILES string of the molecule is CCOc1cc(N=S2(=O)CCC2)cc2ncnc(Nc3ccc(F)cc3O[C@H](C)C(=O)NCC(F)C(F)F)c12. The quantitative estimate of drug-likeness (QED) is 0.316. The lowest BCUT2D eigenvalue weighted by atomic mass is 10.2. The second-order valence-electron chi connectivity index (χ2n) is 8.74. The van der Waals surface area contributed by atoms with E-state index in [1.807, 2.05) is 5.32 Å². The van der Waals surface area contributed by atoms with E-state index < -0.39 is 46.7 Å². The zero-order valence-corrected chi connectivity index (χ0v) is 21.9. The highest BCUT2D eigenvalue weighted by molar-refractivity contribution is 7.95. The molecule has 39 heavy (non-hydrogen) atoms. The molecule has 3 aromatic rings. The van der Waals surface area contributed by atoms with Gasteiger partial charge in [-0.05, 0) is 38.5 Å². The number of carbonyl (C=O) groups excluding carboxylic acids is 1. The smallest absolute Gasteiger partial charge is 0.271 e. The minimum Gasteiger partial charge on any atom is -0.493 e. The summed E-state index contributed by atoms with van der Waals surface area (Å²) in [5.74, 6) is 0.127. The van der Waals surface area contributed by atoms with E-state index in [-0.39, 0.29) is 17.3 Å². The van der Waals surface area contributed by atoms with Crippen molar-refractivity contribution in [2.45, 2.75) is 39.0 Å². The predicted molar refractivity (Wildman–Crippen MR) is 139 cm³/mol. The van der Waals surface area contributed by atoms with Crippen LogP contribution in [0.25, 0.3) is 10.9 Å². The van der Waals surface area contributed by atoms with Gasteiger partial charge < -0.3 is 20.1 Å². The van der Waals surface area contributed by atoms with Crippen LogP contribution in [0.2, 0.25) is 0 Å². The van der Waals surface area contributed by atoms with Crippen LogP contribution < -0.4 is 20.1 Å². The second kappa shape index (κ2) is 12.0. The number of nitrogens with zero attached hydrogens (tertiary/aromatic N) is 3. The van der Waals surface area contributed by atoms with E-state index in [9.17, 15) is 26.6 Å². The Morgan fingerprint density at radius 3 is 2.59 bits per heavy atom. The molecule has 0 radical (unpaired) electrons. The number of benzene rings is 2. The van der Waals surface area contributed by atoms with Gasteiger partial charge in [-0.25, -0.2) is 31.7 Å². The summed E-state index contributed by atoms with van der Waals surface area (Å²) >= 11 is 0. The number of aromatic nitrogens is 2. The summed E-state index contributed by atoms with van der Waals surface area (Å²) in [6.45, 7) is 2.52. The molecule has 2 aromatic carbocycles. The van der Waals surface area contributed by atoms with E-state index in [1.54, 1.807) is 19.1 Å². The summed E-state index contributed by atoms with van der Waals surface area (Å²) in [4.78, 5) is 20.8. The monoisotopic (exact) mass is 569 g/mol. The molecular formula is C25H27F4N5O4S. The maximum atomic E-state index is 14.1. The number of nitrogens with one attached hydrogen (secondary N) is 2. The van der Waals surface area contributed by atoms with Crippen molar-refractivity contribution in [2.24, 2.45) is 4.36 Å². The molecule has 1 aliphatic heterocycles. The molecule has 4 rings (SSSR count). The number of fused-ring (bicyclic) bond motifs is 1. The first-order chi connectivity index (χ1) is 18.6. The maximum absolute atomic E-state index is 14.1. The van der Waals surface area contributed by atoms with Crippen LogP contribution in [0.4, 0.5) is 34.8 Å². The number of ether oxygens (including phenoxy) is 2. The molecule has 9 nitrogen and oxygen atoms in total. The first-order valence-electron chi connectivity index (χ1n) is 12.2. The van der Waals surface area contributed by atoms with Gasteiger partial charge in [0.25, 0.3) is 12.3 Å². The maximum Gasteiger partial charge on any atom is 0.271 e. The highest BCUT2D eigenvalue weighted by atomic mass is 32.2. The average Bonchev–Trinajstić information content (AvgIpc) is 2.87. The fourth-order valence-electron chi connectivity index (χ4n) is 3.73. The average molecular weight is 570 g/mol. The Kier molecular flexibility index (Phi) is 8.73. The van der Waals surface area contributed by atoms with Gasteiger partial charge in [0.1, 0.15) is 29.5 Å². The Labute approximate surface area is 222 Å². The molecule has 1 amide bonds. The summed E-state index contributed by atoms with van der Waals surface area (Å²) < 4.78 is 80.5. The minimum absolute atomic E-state index is 0.0819. The summed E-state index contributed by atoms with van der Waals surface area (Å²) in [6, 6.07) is 6.87. The molecule has 2 atom stereocenters. The molecule has 2 heterocycles. The largest absolute Gasteiger partial charge is 0.493 e. The lowest BCUT2D eigenvalue weighted by Gasteiger charge is -2.20. The topological polar surface area (TPSA) is 115 Å². The molecule has 1 fully saturated rings. The van der Waals surface area contributed by atoms with Crippen molar-refractivity contribution in [3.63, 3.8) is 0 Å². The fourth-order valence-corrected chi connectivity index (χ4v) is 5.19. The van der Waals surface area contributed by atoms with E-state index in [4.69, 9.17) is 9.47 Å². The minimum atomic E-state index is -3.24. The summed E-state index contributed by atoms with van der Waals surface area (Å²) in [5, 5.41) is 5.56. The zero-order chi connectivity index (χ0) is 28.2. The van der Waals surface area contributed by atoms with Gasteiger partial charge in [-0.1, -0.05) is 0 Å². The van der Waals surface area contributed by atoms with Crippen LogP contribution in [0.3, 0.4) is 0 Å². The van der Waals surface area contributed by atoms with Gasteiger partial charge in [0.05, 0.1) is 45.2 Å². The first kappa shape index (κ1) is 28.3. The number of carbonyl (C=O) groups is 1.